The maximum absolute atomic E-state index is 14.1. The Balaban J connectivity index is 1.48. The Labute approximate surface area is 208 Å². The van der Waals surface area contributed by atoms with Gasteiger partial charge in [-0.15, -0.1) is 11.6 Å². The van der Waals surface area contributed by atoms with Gasteiger partial charge in [0.15, 0.2) is 0 Å². The highest BCUT2D eigenvalue weighted by Crippen LogP contribution is 2.43. The average molecular weight is 494 g/mol. The van der Waals surface area contributed by atoms with Crippen molar-refractivity contribution < 1.29 is 18.7 Å². The number of nitrogens with zero attached hydrogens (tertiary/aromatic N) is 3. The molecule has 0 aliphatic carbocycles. The van der Waals surface area contributed by atoms with Gasteiger partial charge in [-0.1, -0.05) is 42.5 Å². The molecular formula is C27H25ClFN3O3. The molecule has 2 amide bonds. The first-order chi connectivity index (χ1) is 17.0. The van der Waals surface area contributed by atoms with E-state index in [1.165, 1.54) is 22.0 Å². The second kappa shape index (κ2) is 9.96. The molecule has 0 aromatic heterocycles. The van der Waals surface area contributed by atoms with Gasteiger partial charge in [0.25, 0.3) is 0 Å². The quantitative estimate of drug-likeness (QED) is 0.428. The third-order valence-corrected chi connectivity index (χ3v) is 6.41. The van der Waals surface area contributed by atoms with Crippen LogP contribution in [0.5, 0.6) is 11.5 Å². The average Bonchev–Trinajstić information content (AvgIpc) is 3.28. The minimum Gasteiger partial charge on any atom is -0.492 e. The Kier molecular flexibility index (Phi) is 6.59. The first-order valence-corrected chi connectivity index (χ1v) is 12.0. The fraction of sp³-hybridized carbons (Fsp3) is 0.259. The lowest BCUT2D eigenvalue weighted by atomic mass is 9.86. The number of amides is 2. The van der Waals surface area contributed by atoms with Crippen LogP contribution >= 0.6 is 11.6 Å². The highest BCUT2D eigenvalue weighted by molar-refractivity contribution is 6.18. The molecule has 8 heteroatoms. The van der Waals surface area contributed by atoms with Crippen molar-refractivity contribution in [3.05, 3.63) is 95.3 Å². The van der Waals surface area contributed by atoms with Crippen LogP contribution in [-0.2, 0) is 6.61 Å². The van der Waals surface area contributed by atoms with E-state index in [2.05, 4.69) is 0 Å². The second-order valence-corrected chi connectivity index (χ2v) is 8.95. The molecule has 0 saturated heterocycles. The normalized spacial score (nSPS) is 18.3. The number of halogens is 2. The maximum atomic E-state index is 14.1. The predicted molar refractivity (Wildman–Crippen MR) is 132 cm³/mol. The summed E-state index contributed by atoms with van der Waals surface area (Å²) < 4.78 is 26.1. The molecule has 0 fully saturated rings. The third-order valence-electron chi connectivity index (χ3n) is 6.24. The van der Waals surface area contributed by atoms with Gasteiger partial charge in [-0.25, -0.2) is 14.2 Å². The van der Waals surface area contributed by atoms with E-state index in [9.17, 15) is 9.18 Å². The molecule has 2 unspecified atom stereocenters. The summed E-state index contributed by atoms with van der Waals surface area (Å²) in [5.41, 5.74) is 3.12. The predicted octanol–water partition coefficient (Wildman–Crippen LogP) is 5.46. The van der Waals surface area contributed by atoms with Crippen molar-refractivity contribution in [3.63, 3.8) is 0 Å². The van der Waals surface area contributed by atoms with Crippen LogP contribution < -0.4 is 9.47 Å². The molecule has 2 aliphatic heterocycles. The Bertz CT molecular complexity index is 1250. The standard InChI is InChI=1S/C27H25ClFN3O3/c1-31(13-12-28)27(33)32-26(23-17-35-24-11-10-20(29)15-22(24)25(23)30-32)19-8-5-9-21(14-19)34-16-18-6-3-2-4-7-18/h2-11,14-15,23,26H,12-13,16-17H2,1H3. The highest BCUT2D eigenvalue weighted by Gasteiger charge is 2.46. The maximum Gasteiger partial charge on any atom is 0.340 e. The van der Waals surface area contributed by atoms with E-state index in [4.69, 9.17) is 26.2 Å². The van der Waals surface area contributed by atoms with Gasteiger partial charge in [0.1, 0.15) is 23.9 Å². The van der Waals surface area contributed by atoms with Crippen molar-refractivity contribution in [3.8, 4) is 11.5 Å². The van der Waals surface area contributed by atoms with Crippen LogP contribution in [0.25, 0.3) is 0 Å². The molecule has 0 bridgehead atoms. The second-order valence-electron chi connectivity index (χ2n) is 8.57. The Morgan fingerprint density at radius 1 is 1.17 bits per heavy atom. The van der Waals surface area contributed by atoms with Crippen LogP contribution in [0.4, 0.5) is 9.18 Å². The fourth-order valence-corrected chi connectivity index (χ4v) is 4.72. The smallest absolute Gasteiger partial charge is 0.340 e. The molecule has 0 radical (unpaired) electrons. The van der Waals surface area contributed by atoms with Crippen LogP contribution in [0.15, 0.2) is 77.9 Å². The van der Waals surface area contributed by atoms with Crippen LogP contribution in [0.2, 0.25) is 0 Å². The molecule has 2 heterocycles. The SMILES string of the molecule is CN(CCCl)C(=O)N1N=C2c3cc(F)ccc3OCC2C1c1cccc(OCc2ccccc2)c1. The van der Waals surface area contributed by atoms with Crippen molar-refractivity contribution in [2.45, 2.75) is 12.6 Å². The van der Waals surface area contributed by atoms with Gasteiger partial charge in [0, 0.05) is 25.0 Å². The Hall–Kier alpha value is -3.58. The summed E-state index contributed by atoms with van der Waals surface area (Å²) in [6.45, 7) is 1.12. The number of carbonyl (C=O) groups excluding carboxylic acids is 1. The number of benzene rings is 3. The van der Waals surface area contributed by atoms with E-state index in [0.29, 0.717) is 48.4 Å². The molecule has 2 aliphatic rings. The number of rotatable bonds is 6. The zero-order chi connectivity index (χ0) is 24.4. The van der Waals surface area contributed by atoms with Gasteiger partial charge >= 0.3 is 6.03 Å². The van der Waals surface area contributed by atoms with Gasteiger partial charge in [0.2, 0.25) is 0 Å². The number of ether oxygens (including phenoxy) is 2. The zero-order valence-corrected chi connectivity index (χ0v) is 20.0. The molecule has 3 aromatic carbocycles. The summed E-state index contributed by atoms with van der Waals surface area (Å²) in [5, 5.41) is 6.17. The molecule has 180 valence electrons. The number of carbonyl (C=O) groups is 1. The van der Waals surface area contributed by atoms with Crippen molar-refractivity contribution in [1.82, 2.24) is 9.91 Å². The number of fused-ring (bicyclic) bond motifs is 3. The molecular weight excluding hydrogens is 469 g/mol. The summed E-state index contributed by atoms with van der Waals surface area (Å²) in [5.74, 6) is 0.906. The van der Waals surface area contributed by atoms with E-state index in [1.807, 2.05) is 54.6 Å². The van der Waals surface area contributed by atoms with Crippen LogP contribution in [-0.4, -0.2) is 47.7 Å². The zero-order valence-electron chi connectivity index (χ0n) is 19.2. The van der Waals surface area contributed by atoms with Crippen LogP contribution in [0.1, 0.15) is 22.7 Å². The molecule has 35 heavy (non-hydrogen) atoms. The molecule has 2 atom stereocenters. The lowest BCUT2D eigenvalue weighted by Gasteiger charge is -2.31. The number of hydrogen-bond donors (Lipinski definition) is 0. The molecule has 6 nitrogen and oxygen atoms in total. The number of hydrazone groups is 1. The minimum absolute atomic E-state index is 0.262. The number of hydrogen-bond acceptors (Lipinski definition) is 4. The van der Waals surface area contributed by atoms with E-state index in [0.717, 1.165) is 11.1 Å². The van der Waals surface area contributed by atoms with E-state index < -0.39 is 6.04 Å². The summed E-state index contributed by atoms with van der Waals surface area (Å²) >= 11 is 5.89. The first-order valence-electron chi connectivity index (χ1n) is 11.4. The molecule has 5 rings (SSSR count). The fourth-order valence-electron chi connectivity index (χ4n) is 4.47. The first kappa shape index (κ1) is 23.2. The molecule has 0 saturated carbocycles. The van der Waals surface area contributed by atoms with Crippen molar-refractivity contribution in [2.75, 3.05) is 26.1 Å². The van der Waals surface area contributed by atoms with Gasteiger partial charge in [-0.05, 0) is 41.5 Å². The lowest BCUT2D eigenvalue weighted by Crippen LogP contribution is -2.41. The van der Waals surface area contributed by atoms with Gasteiger partial charge in [0.05, 0.1) is 24.3 Å². The third kappa shape index (κ3) is 4.68. The summed E-state index contributed by atoms with van der Waals surface area (Å²) in [4.78, 5) is 14.9. The topological polar surface area (TPSA) is 54.4 Å². The summed E-state index contributed by atoms with van der Waals surface area (Å²) in [7, 11) is 1.69. The van der Waals surface area contributed by atoms with Crippen LogP contribution in [0.3, 0.4) is 0 Å². The van der Waals surface area contributed by atoms with E-state index in [1.54, 1.807) is 13.1 Å². The van der Waals surface area contributed by atoms with Crippen molar-refractivity contribution in [1.29, 1.82) is 0 Å². The summed E-state index contributed by atoms with van der Waals surface area (Å²) in [6, 6.07) is 21.2. The Morgan fingerprint density at radius 3 is 2.80 bits per heavy atom. The van der Waals surface area contributed by atoms with Crippen LogP contribution in [0, 0.1) is 11.7 Å². The van der Waals surface area contributed by atoms with E-state index in [-0.39, 0.29) is 17.8 Å². The Morgan fingerprint density at radius 2 is 2.00 bits per heavy atom. The minimum atomic E-state index is -0.438. The molecule has 0 N–H and O–H groups in total. The van der Waals surface area contributed by atoms with Crippen molar-refractivity contribution >= 4 is 23.3 Å². The molecule has 3 aromatic rings. The van der Waals surface area contributed by atoms with Gasteiger partial charge in [-0.3, -0.25) is 0 Å². The largest absolute Gasteiger partial charge is 0.492 e. The number of urea groups is 1. The van der Waals surface area contributed by atoms with Gasteiger partial charge < -0.3 is 14.4 Å². The lowest BCUT2D eigenvalue weighted by molar-refractivity contribution is 0.135. The number of alkyl halides is 1. The highest BCUT2D eigenvalue weighted by atomic mass is 35.5. The summed E-state index contributed by atoms with van der Waals surface area (Å²) in [6.07, 6.45) is 0. The van der Waals surface area contributed by atoms with Gasteiger partial charge in [-0.2, -0.15) is 5.10 Å². The molecule has 0 spiro atoms. The van der Waals surface area contributed by atoms with Crippen molar-refractivity contribution in [2.24, 2.45) is 11.0 Å². The monoisotopic (exact) mass is 493 g/mol. The van der Waals surface area contributed by atoms with E-state index >= 15 is 0 Å².